The standard InChI is InChI=1S/C25H23BrN4O4S/c1-17-27-28-25(30(17)21-6-4-3-5-7-21)35-24(15-29(31)32)19-10-13-22(23(14-19)33-2)34-16-18-8-11-20(26)12-9-18/h3-14,24H,15-16H2,1-2H3/t24-/m1/s1. The Hall–Kier alpha value is -3.37. The minimum Gasteiger partial charge on any atom is -0.493 e. The molecule has 180 valence electrons. The molecule has 0 aliphatic heterocycles. The number of methoxy groups -OCH3 is 1. The molecule has 0 fully saturated rings. The number of para-hydroxylation sites is 1. The molecule has 0 amide bonds. The largest absolute Gasteiger partial charge is 0.493 e. The van der Waals surface area contributed by atoms with E-state index in [-0.39, 0.29) is 11.5 Å². The molecule has 1 atom stereocenters. The van der Waals surface area contributed by atoms with Gasteiger partial charge in [0.15, 0.2) is 16.7 Å². The fraction of sp³-hybridized carbons (Fsp3) is 0.200. The van der Waals surface area contributed by atoms with Gasteiger partial charge in [-0.3, -0.25) is 14.7 Å². The maximum absolute atomic E-state index is 11.5. The van der Waals surface area contributed by atoms with Gasteiger partial charge in [-0.25, -0.2) is 0 Å². The summed E-state index contributed by atoms with van der Waals surface area (Å²) in [6.45, 7) is 1.94. The first-order chi connectivity index (χ1) is 16.9. The van der Waals surface area contributed by atoms with Crippen molar-refractivity contribution in [3.8, 4) is 17.2 Å². The van der Waals surface area contributed by atoms with Crippen LogP contribution in [0, 0.1) is 17.0 Å². The van der Waals surface area contributed by atoms with Crippen molar-refractivity contribution in [2.45, 2.75) is 23.9 Å². The highest BCUT2D eigenvalue weighted by Crippen LogP contribution is 2.39. The number of hydrogen-bond donors (Lipinski definition) is 0. The van der Waals surface area contributed by atoms with Crippen LogP contribution in [0.3, 0.4) is 0 Å². The summed E-state index contributed by atoms with van der Waals surface area (Å²) in [5, 5.41) is 20.1. The molecule has 3 aromatic carbocycles. The summed E-state index contributed by atoms with van der Waals surface area (Å²) in [6.07, 6.45) is 0. The average Bonchev–Trinajstić information content (AvgIpc) is 3.23. The number of halogens is 1. The molecule has 0 bridgehead atoms. The molecular formula is C25H23BrN4O4S. The number of benzene rings is 3. The second-order valence-corrected chi connectivity index (χ2v) is 9.73. The average molecular weight is 555 g/mol. The van der Waals surface area contributed by atoms with E-state index >= 15 is 0 Å². The Morgan fingerprint density at radius 2 is 1.80 bits per heavy atom. The van der Waals surface area contributed by atoms with Crippen molar-refractivity contribution in [1.82, 2.24) is 14.8 Å². The summed E-state index contributed by atoms with van der Waals surface area (Å²) < 4.78 is 14.4. The second kappa shape index (κ2) is 11.4. The van der Waals surface area contributed by atoms with E-state index in [1.165, 1.54) is 11.8 Å². The molecule has 0 aliphatic carbocycles. The van der Waals surface area contributed by atoms with Crippen molar-refractivity contribution >= 4 is 27.7 Å². The number of aryl methyl sites for hydroxylation is 1. The maximum atomic E-state index is 11.5. The normalized spacial score (nSPS) is 11.7. The summed E-state index contributed by atoms with van der Waals surface area (Å²) in [7, 11) is 1.55. The molecule has 4 aromatic rings. The molecule has 35 heavy (non-hydrogen) atoms. The summed E-state index contributed by atoms with van der Waals surface area (Å²) in [6, 6.07) is 22.9. The Morgan fingerprint density at radius 1 is 1.06 bits per heavy atom. The molecule has 0 aliphatic rings. The van der Waals surface area contributed by atoms with Crippen LogP contribution in [0.15, 0.2) is 82.4 Å². The zero-order valence-corrected chi connectivity index (χ0v) is 21.5. The van der Waals surface area contributed by atoms with Gasteiger partial charge in [-0.2, -0.15) is 0 Å². The van der Waals surface area contributed by atoms with Crippen LogP contribution < -0.4 is 9.47 Å². The van der Waals surface area contributed by atoms with Gasteiger partial charge in [0.05, 0.1) is 7.11 Å². The second-order valence-electron chi connectivity index (χ2n) is 7.65. The van der Waals surface area contributed by atoms with E-state index in [0.717, 1.165) is 21.3 Å². The Balaban J connectivity index is 1.59. The van der Waals surface area contributed by atoms with Crippen LogP contribution in [0.1, 0.15) is 22.2 Å². The summed E-state index contributed by atoms with van der Waals surface area (Å²) >= 11 is 4.72. The van der Waals surface area contributed by atoms with Crippen LogP contribution in [0.5, 0.6) is 11.5 Å². The van der Waals surface area contributed by atoms with Crippen molar-refractivity contribution in [3.05, 3.63) is 104 Å². The number of thioether (sulfide) groups is 1. The predicted molar refractivity (Wildman–Crippen MR) is 138 cm³/mol. The minimum atomic E-state index is -0.509. The third kappa shape index (κ3) is 6.20. The highest BCUT2D eigenvalue weighted by molar-refractivity contribution is 9.10. The molecule has 0 saturated heterocycles. The van der Waals surface area contributed by atoms with Gasteiger partial charge in [-0.1, -0.05) is 64.1 Å². The fourth-order valence-corrected chi connectivity index (χ4v) is 4.94. The zero-order valence-electron chi connectivity index (χ0n) is 19.1. The van der Waals surface area contributed by atoms with E-state index in [1.807, 2.05) is 72.2 Å². The number of aromatic nitrogens is 3. The summed E-state index contributed by atoms with van der Waals surface area (Å²) in [5.41, 5.74) is 2.64. The van der Waals surface area contributed by atoms with Gasteiger partial charge in [0.2, 0.25) is 6.54 Å². The molecule has 0 radical (unpaired) electrons. The maximum Gasteiger partial charge on any atom is 0.220 e. The van der Waals surface area contributed by atoms with Crippen molar-refractivity contribution in [1.29, 1.82) is 0 Å². The monoisotopic (exact) mass is 554 g/mol. The van der Waals surface area contributed by atoms with E-state index in [1.54, 1.807) is 19.2 Å². The lowest BCUT2D eigenvalue weighted by molar-refractivity contribution is -0.479. The predicted octanol–water partition coefficient (Wildman–Crippen LogP) is 6.04. The van der Waals surface area contributed by atoms with E-state index < -0.39 is 5.25 Å². The smallest absolute Gasteiger partial charge is 0.220 e. The first-order valence-electron chi connectivity index (χ1n) is 10.8. The third-order valence-corrected chi connectivity index (χ3v) is 6.95. The SMILES string of the molecule is COc1cc([C@@H](C[N+](=O)[O-])Sc2nnc(C)n2-c2ccccc2)ccc1OCc1ccc(Br)cc1. The van der Waals surface area contributed by atoms with Gasteiger partial charge in [-0.15, -0.1) is 10.2 Å². The third-order valence-electron chi connectivity index (χ3n) is 5.24. The van der Waals surface area contributed by atoms with Crippen molar-refractivity contribution in [2.24, 2.45) is 0 Å². The van der Waals surface area contributed by atoms with E-state index in [9.17, 15) is 10.1 Å². The molecule has 0 N–H and O–H groups in total. The van der Waals surface area contributed by atoms with Crippen molar-refractivity contribution < 1.29 is 14.4 Å². The molecule has 8 nitrogen and oxygen atoms in total. The number of rotatable bonds is 10. The van der Waals surface area contributed by atoms with E-state index in [2.05, 4.69) is 26.1 Å². The first-order valence-corrected chi connectivity index (χ1v) is 12.4. The van der Waals surface area contributed by atoms with Gasteiger partial charge >= 0.3 is 0 Å². The van der Waals surface area contributed by atoms with E-state index in [0.29, 0.717) is 29.1 Å². The van der Waals surface area contributed by atoms with Gasteiger partial charge in [0.1, 0.15) is 17.7 Å². The molecule has 1 aromatic heterocycles. The molecule has 0 spiro atoms. The van der Waals surface area contributed by atoms with E-state index in [4.69, 9.17) is 9.47 Å². The van der Waals surface area contributed by atoms with Crippen LogP contribution >= 0.6 is 27.7 Å². The van der Waals surface area contributed by atoms with Crippen LogP contribution in [0.25, 0.3) is 5.69 Å². The van der Waals surface area contributed by atoms with Crippen molar-refractivity contribution in [3.63, 3.8) is 0 Å². The lowest BCUT2D eigenvalue weighted by atomic mass is 10.1. The Morgan fingerprint density at radius 3 is 2.49 bits per heavy atom. The topological polar surface area (TPSA) is 92.3 Å². The van der Waals surface area contributed by atoms with Crippen molar-refractivity contribution in [2.75, 3.05) is 13.7 Å². The zero-order chi connectivity index (χ0) is 24.8. The molecule has 0 unspecified atom stereocenters. The van der Waals surface area contributed by atoms with Crippen LogP contribution in [-0.4, -0.2) is 33.3 Å². The van der Waals surface area contributed by atoms with Crippen LogP contribution in [-0.2, 0) is 6.61 Å². The molecule has 1 heterocycles. The van der Waals surface area contributed by atoms with Gasteiger partial charge in [0, 0.05) is 15.1 Å². The highest BCUT2D eigenvalue weighted by atomic mass is 79.9. The molecule has 0 saturated carbocycles. The van der Waals surface area contributed by atoms with Gasteiger partial charge < -0.3 is 9.47 Å². The Labute approximate surface area is 215 Å². The molecule has 10 heteroatoms. The number of nitro groups is 1. The lowest BCUT2D eigenvalue weighted by Crippen LogP contribution is -2.11. The molecule has 4 rings (SSSR count). The number of hydrogen-bond acceptors (Lipinski definition) is 7. The number of nitrogens with zero attached hydrogens (tertiary/aromatic N) is 4. The van der Waals surface area contributed by atoms with Crippen LogP contribution in [0.4, 0.5) is 0 Å². The fourth-order valence-electron chi connectivity index (χ4n) is 3.51. The Kier molecular flexibility index (Phi) is 8.04. The summed E-state index contributed by atoms with van der Waals surface area (Å²) in [4.78, 5) is 11.2. The summed E-state index contributed by atoms with van der Waals surface area (Å²) in [5.74, 6) is 1.77. The highest BCUT2D eigenvalue weighted by Gasteiger charge is 2.25. The van der Waals surface area contributed by atoms with Gasteiger partial charge in [0.25, 0.3) is 0 Å². The lowest BCUT2D eigenvalue weighted by Gasteiger charge is -2.17. The molecular weight excluding hydrogens is 532 g/mol. The van der Waals surface area contributed by atoms with Gasteiger partial charge in [-0.05, 0) is 54.4 Å². The Bertz CT molecular complexity index is 1300. The van der Waals surface area contributed by atoms with Crippen LogP contribution in [0.2, 0.25) is 0 Å². The number of ether oxygens (including phenoxy) is 2. The quantitative estimate of drug-likeness (QED) is 0.134. The minimum absolute atomic E-state index is 0.284. The first kappa shape index (κ1) is 24.7.